The van der Waals surface area contributed by atoms with E-state index in [1.165, 1.54) is 11.8 Å². The molecule has 7 heteroatoms. The van der Waals surface area contributed by atoms with E-state index in [1.54, 1.807) is 4.90 Å². The SMILES string of the molecule is CCc1ccccc1N1C(=O)CSc2c(c(C)nn2-c2ccccc2)[C@H]1C(=O)NCc1ccc(C)cc1. The van der Waals surface area contributed by atoms with E-state index in [0.29, 0.717) is 6.54 Å². The van der Waals surface area contributed by atoms with Crippen molar-refractivity contribution in [3.05, 3.63) is 107 Å². The molecule has 6 nitrogen and oxygen atoms in total. The molecule has 37 heavy (non-hydrogen) atoms. The first kappa shape index (κ1) is 24.8. The van der Waals surface area contributed by atoms with Crippen molar-refractivity contribution < 1.29 is 9.59 Å². The van der Waals surface area contributed by atoms with Gasteiger partial charge in [-0.05, 0) is 49.6 Å². The van der Waals surface area contributed by atoms with Crippen LogP contribution in [-0.2, 0) is 22.6 Å². The lowest BCUT2D eigenvalue weighted by molar-refractivity contribution is -0.126. The maximum atomic E-state index is 14.0. The van der Waals surface area contributed by atoms with Gasteiger partial charge in [-0.1, -0.05) is 84.9 Å². The van der Waals surface area contributed by atoms with E-state index in [2.05, 4.69) is 12.2 Å². The van der Waals surface area contributed by atoms with Gasteiger partial charge >= 0.3 is 0 Å². The summed E-state index contributed by atoms with van der Waals surface area (Å²) in [5.74, 6) is -0.110. The topological polar surface area (TPSA) is 67.2 Å². The lowest BCUT2D eigenvalue weighted by atomic mass is 10.0. The van der Waals surface area contributed by atoms with Crippen molar-refractivity contribution in [1.29, 1.82) is 0 Å². The van der Waals surface area contributed by atoms with E-state index in [1.807, 2.05) is 97.4 Å². The van der Waals surface area contributed by atoms with Gasteiger partial charge in [-0.25, -0.2) is 4.68 Å². The second kappa shape index (κ2) is 10.6. The predicted molar refractivity (Wildman–Crippen MR) is 148 cm³/mol. The summed E-state index contributed by atoms with van der Waals surface area (Å²) in [4.78, 5) is 29.4. The monoisotopic (exact) mass is 510 g/mol. The molecule has 3 aromatic carbocycles. The molecule has 0 aliphatic carbocycles. The highest BCUT2D eigenvalue weighted by molar-refractivity contribution is 8.00. The lowest BCUT2D eigenvalue weighted by Crippen LogP contribution is -2.44. The Balaban J connectivity index is 1.63. The maximum absolute atomic E-state index is 14.0. The van der Waals surface area contributed by atoms with Gasteiger partial charge in [0, 0.05) is 17.8 Å². The molecule has 1 atom stereocenters. The van der Waals surface area contributed by atoms with Crippen LogP contribution in [0.4, 0.5) is 5.69 Å². The molecular weight excluding hydrogens is 480 g/mol. The summed E-state index contributed by atoms with van der Waals surface area (Å²) in [7, 11) is 0. The smallest absolute Gasteiger partial charge is 0.248 e. The van der Waals surface area contributed by atoms with Gasteiger partial charge in [-0.2, -0.15) is 5.10 Å². The maximum Gasteiger partial charge on any atom is 0.248 e. The first-order valence-corrected chi connectivity index (χ1v) is 13.5. The molecule has 188 valence electrons. The van der Waals surface area contributed by atoms with Gasteiger partial charge in [0.05, 0.1) is 17.1 Å². The summed E-state index contributed by atoms with van der Waals surface area (Å²) in [6.07, 6.45) is 0.750. The third-order valence-electron chi connectivity index (χ3n) is 6.66. The summed E-state index contributed by atoms with van der Waals surface area (Å²) in [5, 5.41) is 8.77. The number of rotatable bonds is 6. The number of anilines is 1. The van der Waals surface area contributed by atoms with Crippen LogP contribution in [0.3, 0.4) is 0 Å². The Morgan fingerprint density at radius 3 is 2.43 bits per heavy atom. The predicted octanol–water partition coefficient (Wildman–Crippen LogP) is 5.55. The van der Waals surface area contributed by atoms with Crippen LogP contribution < -0.4 is 10.2 Å². The number of hydrogen-bond donors (Lipinski definition) is 1. The molecule has 1 aliphatic rings. The Bertz CT molecular complexity index is 1430. The van der Waals surface area contributed by atoms with Gasteiger partial charge < -0.3 is 5.32 Å². The number of thioether (sulfide) groups is 1. The summed E-state index contributed by atoms with van der Waals surface area (Å²) in [6.45, 7) is 6.39. The highest BCUT2D eigenvalue weighted by Crippen LogP contribution is 2.41. The fourth-order valence-electron chi connectivity index (χ4n) is 4.75. The molecule has 1 N–H and O–H groups in total. The highest BCUT2D eigenvalue weighted by atomic mass is 32.2. The molecule has 2 amide bonds. The number of hydrogen-bond acceptors (Lipinski definition) is 4. The number of aryl methyl sites for hydroxylation is 3. The molecule has 0 fully saturated rings. The van der Waals surface area contributed by atoms with E-state index >= 15 is 0 Å². The fraction of sp³-hybridized carbons (Fsp3) is 0.233. The fourth-order valence-corrected chi connectivity index (χ4v) is 5.83. The number of amides is 2. The third kappa shape index (κ3) is 4.91. The number of nitrogens with one attached hydrogen (secondary N) is 1. The van der Waals surface area contributed by atoms with Gasteiger partial charge in [0.1, 0.15) is 11.1 Å². The normalized spacial score (nSPS) is 15.3. The Kier molecular flexibility index (Phi) is 7.15. The molecule has 2 heterocycles. The Labute approximate surface area is 221 Å². The van der Waals surface area contributed by atoms with E-state index in [0.717, 1.165) is 50.8 Å². The van der Waals surface area contributed by atoms with Crippen molar-refractivity contribution in [2.75, 3.05) is 10.7 Å². The van der Waals surface area contributed by atoms with Crippen LogP contribution >= 0.6 is 11.8 Å². The van der Waals surface area contributed by atoms with Crippen LogP contribution in [0.25, 0.3) is 5.69 Å². The van der Waals surface area contributed by atoms with Crippen LogP contribution in [0.5, 0.6) is 0 Å². The third-order valence-corrected chi connectivity index (χ3v) is 7.72. The van der Waals surface area contributed by atoms with Gasteiger partial charge in [0.15, 0.2) is 0 Å². The standard InChI is InChI=1S/C30H30N4O2S/c1-4-23-10-8-9-13-25(23)33-26(35)19-37-30-27(21(3)32-34(30)24-11-6-5-7-12-24)28(33)29(36)31-18-22-16-14-20(2)15-17-22/h5-17,28H,4,18-19H2,1-3H3,(H,31,36)/t28-/m0/s1. The summed E-state index contributed by atoms with van der Waals surface area (Å²) >= 11 is 1.44. The van der Waals surface area contributed by atoms with Gasteiger partial charge in [0.2, 0.25) is 11.8 Å². The van der Waals surface area contributed by atoms with E-state index < -0.39 is 6.04 Å². The molecule has 0 saturated heterocycles. The van der Waals surface area contributed by atoms with Crippen LogP contribution in [0.2, 0.25) is 0 Å². The number of carbonyl (C=O) groups excluding carboxylic acids is 2. The Morgan fingerprint density at radius 1 is 1.00 bits per heavy atom. The minimum Gasteiger partial charge on any atom is -0.350 e. The molecule has 5 rings (SSSR count). The van der Waals surface area contributed by atoms with Crippen LogP contribution in [0.1, 0.15) is 40.9 Å². The Hall–Kier alpha value is -3.84. The minimum absolute atomic E-state index is 0.100. The largest absolute Gasteiger partial charge is 0.350 e. The number of fused-ring (bicyclic) bond motifs is 1. The second-order valence-corrected chi connectivity index (χ2v) is 10.2. The van der Waals surface area contributed by atoms with Crippen LogP contribution in [-0.4, -0.2) is 27.3 Å². The summed E-state index contributed by atoms with van der Waals surface area (Å²) in [6, 6.07) is 24.9. The van der Waals surface area contributed by atoms with Crippen molar-refractivity contribution >= 4 is 29.3 Å². The number of para-hydroxylation sites is 2. The van der Waals surface area contributed by atoms with Crippen molar-refractivity contribution in [1.82, 2.24) is 15.1 Å². The number of benzene rings is 3. The van der Waals surface area contributed by atoms with E-state index in [9.17, 15) is 9.59 Å². The number of carbonyl (C=O) groups is 2. The molecule has 0 saturated carbocycles. The van der Waals surface area contributed by atoms with Crippen molar-refractivity contribution in [3.63, 3.8) is 0 Å². The average Bonchev–Trinajstić information content (AvgIpc) is 3.16. The molecule has 4 aromatic rings. The minimum atomic E-state index is -0.840. The van der Waals surface area contributed by atoms with E-state index in [-0.39, 0.29) is 17.6 Å². The molecule has 0 unspecified atom stereocenters. The lowest BCUT2D eigenvalue weighted by Gasteiger charge is -2.31. The zero-order valence-electron chi connectivity index (χ0n) is 21.3. The zero-order valence-corrected chi connectivity index (χ0v) is 22.1. The van der Waals surface area contributed by atoms with Gasteiger partial charge in [-0.15, -0.1) is 0 Å². The molecule has 1 aromatic heterocycles. The molecule has 0 bridgehead atoms. The zero-order chi connectivity index (χ0) is 25.9. The first-order chi connectivity index (χ1) is 18.0. The van der Waals surface area contributed by atoms with E-state index in [4.69, 9.17) is 5.10 Å². The van der Waals surface area contributed by atoms with Crippen LogP contribution in [0.15, 0.2) is 83.9 Å². The van der Waals surface area contributed by atoms with Crippen LogP contribution in [0, 0.1) is 13.8 Å². The van der Waals surface area contributed by atoms with Gasteiger partial charge in [0.25, 0.3) is 0 Å². The van der Waals surface area contributed by atoms with Crippen molar-refractivity contribution in [3.8, 4) is 5.69 Å². The molecular formula is C30H30N4O2S. The first-order valence-electron chi connectivity index (χ1n) is 12.5. The quantitative estimate of drug-likeness (QED) is 0.369. The van der Waals surface area contributed by atoms with Crippen molar-refractivity contribution in [2.45, 2.75) is 44.8 Å². The summed E-state index contributed by atoms with van der Waals surface area (Å²) in [5.41, 5.74) is 6.36. The molecule has 1 aliphatic heterocycles. The number of aromatic nitrogens is 2. The summed E-state index contributed by atoms with van der Waals surface area (Å²) < 4.78 is 1.86. The second-order valence-electron chi connectivity index (χ2n) is 9.19. The highest BCUT2D eigenvalue weighted by Gasteiger charge is 2.41. The average molecular weight is 511 g/mol. The Morgan fingerprint density at radius 2 is 1.70 bits per heavy atom. The van der Waals surface area contributed by atoms with Crippen molar-refractivity contribution in [2.24, 2.45) is 0 Å². The number of nitrogens with zero attached hydrogens (tertiary/aromatic N) is 3. The van der Waals surface area contributed by atoms with Gasteiger partial charge in [-0.3, -0.25) is 14.5 Å². The molecule has 0 spiro atoms. The molecule has 0 radical (unpaired) electrons.